The highest BCUT2D eigenvalue weighted by molar-refractivity contribution is 7.99. The molecule has 1 aromatic carbocycles. The molecule has 2 aromatic rings. The molecule has 0 fully saturated rings. The van der Waals surface area contributed by atoms with E-state index in [1.165, 1.54) is 18.0 Å². The van der Waals surface area contributed by atoms with Crippen molar-refractivity contribution in [3.63, 3.8) is 0 Å². The molecular weight excluding hydrogens is 262 g/mol. The standard InChI is InChI=1S/C13H9N3O2S/c14-8-10-13(16-4-3-15-10)19-9-1-2-11-12(7-9)18-6-5-17-11/h1-4,7H,5-6H2. The van der Waals surface area contributed by atoms with Gasteiger partial charge in [0.1, 0.15) is 24.3 Å². The van der Waals surface area contributed by atoms with Gasteiger partial charge < -0.3 is 9.47 Å². The molecule has 94 valence electrons. The van der Waals surface area contributed by atoms with Crippen LogP contribution in [0.4, 0.5) is 0 Å². The van der Waals surface area contributed by atoms with Gasteiger partial charge in [0.2, 0.25) is 0 Å². The second-order valence-corrected chi connectivity index (χ2v) is 4.79. The van der Waals surface area contributed by atoms with Gasteiger partial charge in [-0.25, -0.2) is 9.97 Å². The van der Waals surface area contributed by atoms with E-state index in [1.807, 2.05) is 24.3 Å². The molecule has 0 unspecified atom stereocenters. The van der Waals surface area contributed by atoms with E-state index in [0.717, 1.165) is 16.4 Å². The molecule has 19 heavy (non-hydrogen) atoms. The molecule has 3 rings (SSSR count). The summed E-state index contributed by atoms with van der Waals surface area (Å²) in [5.41, 5.74) is 0.322. The number of nitrogens with zero attached hydrogens (tertiary/aromatic N) is 3. The third-order valence-corrected chi connectivity index (χ3v) is 3.48. The number of fused-ring (bicyclic) bond motifs is 1. The quantitative estimate of drug-likeness (QED) is 0.834. The number of benzene rings is 1. The Hall–Kier alpha value is -2.26. The minimum absolute atomic E-state index is 0.322. The first kappa shape index (κ1) is 11.8. The maximum Gasteiger partial charge on any atom is 0.173 e. The highest BCUT2D eigenvalue weighted by atomic mass is 32.2. The first-order chi connectivity index (χ1) is 9.36. The van der Waals surface area contributed by atoms with Crippen molar-refractivity contribution in [3.05, 3.63) is 36.3 Å². The van der Waals surface area contributed by atoms with E-state index in [-0.39, 0.29) is 0 Å². The Bertz CT molecular complexity index is 655. The average molecular weight is 271 g/mol. The van der Waals surface area contributed by atoms with Crippen molar-refractivity contribution in [2.75, 3.05) is 13.2 Å². The molecule has 0 saturated heterocycles. The van der Waals surface area contributed by atoms with Crippen LogP contribution in [0, 0.1) is 11.3 Å². The fraction of sp³-hybridized carbons (Fsp3) is 0.154. The minimum Gasteiger partial charge on any atom is -0.486 e. The summed E-state index contributed by atoms with van der Waals surface area (Å²) in [5.74, 6) is 1.47. The van der Waals surface area contributed by atoms with E-state index in [4.69, 9.17) is 14.7 Å². The molecule has 0 atom stereocenters. The Morgan fingerprint density at radius 3 is 2.74 bits per heavy atom. The van der Waals surface area contributed by atoms with Gasteiger partial charge in [-0.3, -0.25) is 0 Å². The SMILES string of the molecule is N#Cc1nccnc1Sc1ccc2c(c1)OCCO2. The fourth-order valence-corrected chi connectivity index (χ4v) is 2.51. The lowest BCUT2D eigenvalue weighted by Crippen LogP contribution is -2.15. The van der Waals surface area contributed by atoms with Gasteiger partial charge in [-0.2, -0.15) is 5.26 Å². The van der Waals surface area contributed by atoms with E-state index in [0.29, 0.717) is 23.9 Å². The highest BCUT2D eigenvalue weighted by Crippen LogP contribution is 2.36. The number of hydrogen-bond acceptors (Lipinski definition) is 6. The van der Waals surface area contributed by atoms with E-state index >= 15 is 0 Å². The molecule has 0 spiro atoms. The first-order valence-corrected chi connectivity index (χ1v) is 6.47. The van der Waals surface area contributed by atoms with Crippen molar-refractivity contribution in [2.45, 2.75) is 9.92 Å². The first-order valence-electron chi connectivity index (χ1n) is 5.65. The molecule has 0 radical (unpaired) electrons. The summed E-state index contributed by atoms with van der Waals surface area (Å²) in [4.78, 5) is 9.07. The van der Waals surface area contributed by atoms with Crippen LogP contribution < -0.4 is 9.47 Å². The fourth-order valence-electron chi connectivity index (χ4n) is 1.68. The van der Waals surface area contributed by atoms with Crippen molar-refractivity contribution < 1.29 is 9.47 Å². The van der Waals surface area contributed by atoms with Crippen LogP contribution in [0.15, 0.2) is 40.5 Å². The Morgan fingerprint density at radius 1 is 1.11 bits per heavy atom. The number of hydrogen-bond donors (Lipinski definition) is 0. The summed E-state index contributed by atoms with van der Waals surface area (Å²) < 4.78 is 11.0. The second-order valence-electron chi connectivity index (χ2n) is 3.73. The van der Waals surface area contributed by atoms with Gasteiger partial charge in [-0.15, -0.1) is 0 Å². The topological polar surface area (TPSA) is 68.0 Å². The number of ether oxygens (including phenoxy) is 2. The zero-order valence-corrected chi connectivity index (χ0v) is 10.7. The van der Waals surface area contributed by atoms with Crippen LogP contribution in [0.1, 0.15) is 5.69 Å². The van der Waals surface area contributed by atoms with Crippen molar-refractivity contribution in [1.82, 2.24) is 9.97 Å². The van der Waals surface area contributed by atoms with Gasteiger partial charge in [-0.05, 0) is 18.2 Å². The van der Waals surface area contributed by atoms with Crippen LogP contribution in [0.25, 0.3) is 0 Å². The Labute approximate surface area is 114 Å². The predicted molar refractivity (Wildman–Crippen MR) is 68.3 cm³/mol. The third kappa shape index (κ3) is 2.46. The van der Waals surface area contributed by atoms with Gasteiger partial charge in [0.15, 0.2) is 17.2 Å². The van der Waals surface area contributed by atoms with E-state index < -0.39 is 0 Å². The molecule has 0 amide bonds. The molecule has 2 heterocycles. The van der Waals surface area contributed by atoms with Crippen molar-refractivity contribution in [3.8, 4) is 17.6 Å². The predicted octanol–water partition coefficient (Wildman–Crippen LogP) is 2.27. The molecule has 0 aliphatic carbocycles. The van der Waals surface area contributed by atoms with E-state index in [2.05, 4.69) is 9.97 Å². The third-order valence-electron chi connectivity index (χ3n) is 2.50. The summed E-state index contributed by atoms with van der Waals surface area (Å²) in [6, 6.07) is 7.68. The normalized spacial score (nSPS) is 12.8. The lowest BCUT2D eigenvalue weighted by atomic mass is 10.3. The summed E-state index contributed by atoms with van der Waals surface area (Å²) in [7, 11) is 0. The van der Waals surface area contributed by atoms with Gasteiger partial charge in [0.05, 0.1) is 0 Å². The smallest absolute Gasteiger partial charge is 0.173 e. The molecule has 1 aliphatic rings. The lowest BCUT2D eigenvalue weighted by molar-refractivity contribution is 0.171. The zero-order valence-electron chi connectivity index (χ0n) is 9.87. The van der Waals surface area contributed by atoms with Crippen molar-refractivity contribution in [1.29, 1.82) is 5.26 Å². The molecule has 1 aromatic heterocycles. The Balaban J connectivity index is 1.89. The Morgan fingerprint density at radius 2 is 1.89 bits per heavy atom. The molecule has 0 bridgehead atoms. The highest BCUT2D eigenvalue weighted by Gasteiger charge is 2.13. The molecule has 0 N–H and O–H groups in total. The molecule has 6 heteroatoms. The zero-order chi connectivity index (χ0) is 13.1. The maximum absolute atomic E-state index is 8.98. The molecule has 0 saturated carbocycles. The van der Waals surface area contributed by atoms with Crippen LogP contribution in [-0.2, 0) is 0 Å². The molecule has 1 aliphatic heterocycles. The van der Waals surface area contributed by atoms with E-state index in [1.54, 1.807) is 6.20 Å². The number of aromatic nitrogens is 2. The second kappa shape index (κ2) is 5.16. The largest absolute Gasteiger partial charge is 0.486 e. The van der Waals surface area contributed by atoms with Crippen molar-refractivity contribution in [2.24, 2.45) is 0 Å². The summed E-state index contributed by atoms with van der Waals surface area (Å²) in [5, 5.41) is 9.56. The van der Waals surface area contributed by atoms with Crippen LogP contribution >= 0.6 is 11.8 Å². The van der Waals surface area contributed by atoms with E-state index in [9.17, 15) is 0 Å². The maximum atomic E-state index is 8.98. The van der Waals surface area contributed by atoms with Crippen LogP contribution in [0.3, 0.4) is 0 Å². The van der Waals surface area contributed by atoms with Gasteiger partial charge in [0.25, 0.3) is 0 Å². The molecular formula is C13H9N3O2S. The number of nitriles is 1. The monoisotopic (exact) mass is 271 g/mol. The van der Waals surface area contributed by atoms with Crippen molar-refractivity contribution >= 4 is 11.8 Å². The van der Waals surface area contributed by atoms with Gasteiger partial charge in [0, 0.05) is 17.3 Å². The Kier molecular flexibility index (Phi) is 3.21. The summed E-state index contributed by atoms with van der Waals surface area (Å²) >= 11 is 1.38. The summed E-state index contributed by atoms with van der Waals surface area (Å²) in [6.07, 6.45) is 3.08. The van der Waals surface area contributed by atoms with Crippen LogP contribution in [-0.4, -0.2) is 23.2 Å². The minimum atomic E-state index is 0.322. The van der Waals surface area contributed by atoms with Crippen LogP contribution in [0.2, 0.25) is 0 Å². The average Bonchev–Trinajstić information content (AvgIpc) is 2.48. The van der Waals surface area contributed by atoms with Crippen LogP contribution in [0.5, 0.6) is 11.5 Å². The number of rotatable bonds is 2. The van der Waals surface area contributed by atoms with Gasteiger partial charge in [-0.1, -0.05) is 11.8 Å². The molecule has 5 nitrogen and oxygen atoms in total. The van der Waals surface area contributed by atoms with Gasteiger partial charge >= 0.3 is 0 Å². The summed E-state index contributed by atoms with van der Waals surface area (Å²) in [6.45, 7) is 1.12. The lowest BCUT2D eigenvalue weighted by Gasteiger charge is -2.18.